The Hall–Kier alpha value is -3.65. The van der Waals surface area contributed by atoms with Gasteiger partial charge < -0.3 is 14.9 Å². The van der Waals surface area contributed by atoms with E-state index in [1.807, 2.05) is 42.5 Å². The Bertz CT molecular complexity index is 1120. The molecule has 170 valence electrons. The van der Waals surface area contributed by atoms with Crippen LogP contribution in [-0.2, 0) is 11.2 Å². The van der Waals surface area contributed by atoms with Crippen LogP contribution >= 0.6 is 11.8 Å². The SMILES string of the molecule is COC(=O)NC(=NC1=CC=C(C(=O)c2ccccc2)C(Cc2ccc(OC)cc2)C1=N)SC. The van der Waals surface area contributed by atoms with Crippen LogP contribution in [-0.4, -0.2) is 43.2 Å². The van der Waals surface area contributed by atoms with Gasteiger partial charge in [0.1, 0.15) is 5.75 Å². The first kappa shape index (κ1) is 24.0. The van der Waals surface area contributed by atoms with E-state index in [1.165, 1.54) is 18.9 Å². The van der Waals surface area contributed by atoms with Gasteiger partial charge in [0, 0.05) is 17.1 Å². The topological polar surface area (TPSA) is 101 Å². The number of thioether (sulfide) groups is 1. The molecule has 1 amide bonds. The van der Waals surface area contributed by atoms with Crippen molar-refractivity contribution in [2.24, 2.45) is 10.9 Å². The number of aliphatic imine (C=N–C) groups is 1. The summed E-state index contributed by atoms with van der Waals surface area (Å²) in [5.41, 5.74) is 2.62. The summed E-state index contributed by atoms with van der Waals surface area (Å²) in [6, 6.07) is 16.6. The second-order valence-electron chi connectivity index (χ2n) is 7.13. The predicted octanol–water partition coefficient (Wildman–Crippen LogP) is 4.66. The number of methoxy groups -OCH3 is 2. The lowest BCUT2D eigenvalue weighted by Gasteiger charge is -2.24. The highest BCUT2D eigenvalue weighted by molar-refractivity contribution is 8.13. The number of benzene rings is 2. The first-order valence-electron chi connectivity index (χ1n) is 10.2. The monoisotopic (exact) mass is 463 g/mol. The first-order valence-corrected chi connectivity index (χ1v) is 11.4. The Kier molecular flexibility index (Phi) is 8.21. The largest absolute Gasteiger partial charge is 0.497 e. The van der Waals surface area contributed by atoms with Crippen molar-refractivity contribution >= 4 is 34.5 Å². The molecule has 0 aromatic heterocycles. The van der Waals surface area contributed by atoms with Crippen LogP contribution in [0.25, 0.3) is 0 Å². The highest BCUT2D eigenvalue weighted by Crippen LogP contribution is 2.30. The molecule has 0 bridgehead atoms. The highest BCUT2D eigenvalue weighted by atomic mass is 32.2. The summed E-state index contributed by atoms with van der Waals surface area (Å²) in [5, 5.41) is 11.7. The number of ether oxygens (including phenoxy) is 2. The summed E-state index contributed by atoms with van der Waals surface area (Å²) in [4.78, 5) is 29.3. The quantitative estimate of drug-likeness (QED) is 0.369. The number of alkyl carbamates (subject to hydrolysis) is 1. The zero-order valence-corrected chi connectivity index (χ0v) is 19.4. The van der Waals surface area contributed by atoms with Crippen LogP contribution < -0.4 is 10.1 Å². The molecule has 0 fully saturated rings. The molecule has 0 saturated heterocycles. The summed E-state index contributed by atoms with van der Waals surface area (Å²) in [5.74, 6) is 0.101. The van der Waals surface area contributed by atoms with Crippen molar-refractivity contribution in [1.82, 2.24) is 5.32 Å². The lowest BCUT2D eigenvalue weighted by molar-refractivity contribution is 0.102. The average molecular weight is 464 g/mol. The summed E-state index contributed by atoms with van der Waals surface area (Å²) in [6.45, 7) is 0. The number of ketones is 1. The fourth-order valence-electron chi connectivity index (χ4n) is 3.38. The molecule has 2 aromatic rings. The van der Waals surface area contributed by atoms with Crippen molar-refractivity contribution in [2.75, 3.05) is 20.5 Å². The Morgan fingerprint density at radius 2 is 1.76 bits per heavy atom. The first-order chi connectivity index (χ1) is 16.0. The van der Waals surface area contributed by atoms with Crippen molar-refractivity contribution in [3.63, 3.8) is 0 Å². The molecule has 3 rings (SSSR count). The van der Waals surface area contributed by atoms with E-state index in [9.17, 15) is 9.59 Å². The van der Waals surface area contributed by atoms with E-state index in [2.05, 4.69) is 15.0 Å². The second kappa shape index (κ2) is 11.3. The number of Topliss-reactive ketones (excluding diaryl/α,β-unsaturated/α-hetero) is 1. The number of allylic oxidation sites excluding steroid dienone is 4. The maximum Gasteiger partial charge on any atom is 0.412 e. The van der Waals surface area contributed by atoms with Crippen molar-refractivity contribution in [3.05, 3.63) is 89.1 Å². The molecule has 0 radical (unpaired) electrons. The molecular weight excluding hydrogens is 438 g/mol. The van der Waals surface area contributed by atoms with E-state index >= 15 is 0 Å². The van der Waals surface area contributed by atoms with Crippen molar-refractivity contribution in [1.29, 1.82) is 5.41 Å². The van der Waals surface area contributed by atoms with E-state index in [-0.39, 0.29) is 11.5 Å². The zero-order chi connectivity index (χ0) is 23.8. The summed E-state index contributed by atoms with van der Waals surface area (Å²) < 4.78 is 9.86. The number of amides is 1. The fraction of sp³-hybridized carbons (Fsp3) is 0.200. The number of amidine groups is 1. The molecule has 1 atom stereocenters. The molecule has 2 aromatic carbocycles. The third kappa shape index (κ3) is 5.98. The van der Waals surface area contributed by atoms with E-state index in [0.717, 1.165) is 11.3 Å². The second-order valence-corrected chi connectivity index (χ2v) is 7.92. The number of nitrogens with zero attached hydrogens (tertiary/aromatic N) is 1. The lowest BCUT2D eigenvalue weighted by atomic mass is 9.80. The van der Waals surface area contributed by atoms with Crippen LogP contribution in [0.4, 0.5) is 4.79 Å². The molecule has 8 heteroatoms. The van der Waals surface area contributed by atoms with Crippen LogP contribution in [0, 0.1) is 11.3 Å². The van der Waals surface area contributed by atoms with Gasteiger partial charge in [-0.15, -0.1) is 0 Å². The van der Waals surface area contributed by atoms with Crippen molar-refractivity contribution in [2.45, 2.75) is 6.42 Å². The number of carbonyl (C=O) groups is 2. The number of carbonyl (C=O) groups excluding carboxylic acids is 2. The van der Waals surface area contributed by atoms with Crippen LogP contribution in [0.2, 0.25) is 0 Å². The molecule has 1 aliphatic rings. The molecule has 1 aliphatic carbocycles. The van der Waals surface area contributed by atoms with Gasteiger partial charge in [-0.1, -0.05) is 60.3 Å². The molecular formula is C25H25N3O4S. The minimum absolute atomic E-state index is 0.129. The molecule has 0 saturated carbocycles. The van der Waals surface area contributed by atoms with Crippen LogP contribution in [0.15, 0.2) is 83.0 Å². The van der Waals surface area contributed by atoms with Crippen molar-refractivity contribution < 1.29 is 19.1 Å². The van der Waals surface area contributed by atoms with Gasteiger partial charge in [-0.25, -0.2) is 9.79 Å². The van der Waals surface area contributed by atoms with Crippen molar-refractivity contribution in [3.8, 4) is 5.75 Å². The molecule has 33 heavy (non-hydrogen) atoms. The van der Waals surface area contributed by atoms with Crippen LogP contribution in [0.5, 0.6) is 5.75 Å². The fourth-order valence-corrected chi connectivity index (χ4v) is 3.75. The number of rotatable bonds is 6. The molecule has 2 N–H and O–H groups in total. The van der Waals surface area contributed by atoms with Gasteiger partial charge in [0.05, 0.1) is 25.6 Å². The number of nitrogens with one attached hydrogen (secondary N) is 2. The molecule has 1 unspecified atom stereocenters. The highest BCUT2D eigenvalue weighted by Gasteiger charge is 2.30. The summed E-state index contributed by atoms with van der Waals surface area (Å²) in [6.07, 6.45) is 4.92. The van der Waals surface area contributed by atoms with Gasteiger partial charge in [-0.2, -0.15) is 0 Å². The number of hydrogen-bond acceptors (Lipinski definition) is 7. The Morgan fingerprint density at radius 1 is 1.06 bits per heavy atom. The smallest absolute Gasteiger partial charge is 0.412 e. The van der Waals surface area contributed by atoms with E-state index in [0.29, 0.717) is 28.4 Å². The van der Waals surface area contributed by atoms with Crippen LogP contribution in [0.3, 0.4) is 0 Å². The predicted molar refractivity (Wildman–Crippen MR) is 131 cm³/mol. The van der Waals surface area contributed by atoms with E-state index < -0.39 is 12.0 Å². The summed E-state index contributed by atoms with van der Waals surface area (Å²) in [7, 11) is 2.87. The average Bonchev–Trinajstić information content (AvgIpc) is 2.86. The maximum atomic E-state index is 13.3. The van der Waals surface area contributed by atoms with Gasteiger partial charge in [0.25, 0.3) is 0 Å². The van der Waals surface area contributed by atoms with Gasteiger partial charge in [0.2, 0.25) is 0 Å². The van der Waals surface area contributed by atoms with Gasteiger partial charge in [-0.05, 0) is 36.4 Å². The molecule has 7 nitrogen and oxygen atoms in total. The minimum Gasteiger partial charge on any atom is -0.497 e. The number of hydrogen-bond donors (Lipinski definition) is 2. The molecule has 0 aliphatic heterocycles. The molecule has 0 spiro atoms. The third-order valence-corrected chi connectivity index (χ3v) is 5.71. The Balaban J connectivity index is 1.98. The van der Waals surface area contributed by atoms with Gasteiger partial charge in [0.15, 0.2) is 11.0 Å². The summed E-state index contributed by atoms with van der Waals surface area (Å²) >= 11 is 1.22. The zero-order valence-electron chi connectivity index (χ0n) is 18.6. The van der Waals surface area contributed by atoms with Gasteiger partial charge in [-0.3, -0.25) is 10.1 Å². The van der Waals surface area contributed by atoms with E-state index in [4.69, 9.17) is 10.1 Å². The van der Waals surface area contributed by atoms with Crippen LogP contribution in [0.1, 0.15) is 15.9 Å². The Labute approximate surface area is 197 Å². The normalized spacial score (nSPS) is 15.9. The van der Waals surface area contributed by atoms with Gasteiger partial charge >= 0.3 is 6.09 Å². The Morgan fingerprint density at radius 3 is 2.36 bits per heavy atom. The van der Waals surface area contributed by atoms with E-state index in [1.54, 1.807) is 37.7 Å². The third-order valence-electron chi connectivity index (χ3n) is 5.13. The maximum absolute atomic E-state index is 13.3. The molecule has 0 heterocycles. The lowest BCUT2D eigenvalue weighted by Crippen LogP contribution is -2.30. The minimum atomic E-state index is -0.642. The standard InChI is InChI=1S/C25H25N3O4S/c1-31-18-11-9-16(10-12-18)15-20-19(23(29)17-7-5-4-6-8-17)13-14-21(22(20)26)27-24(33-3)28-25(30)32-2/h4-14,20,26H,15H2,1-3H3,(H,27,28,30).